The number of aromatic amines is 1. The lowest BCUT2D eigenvalue weighted by molar-refractivity contribution is 0.149. The summed E-state index contributed by atoms with van der Waals surface area (Å²) in [5.74, 6) is 0. The molecule has 0 fully saturated rings. The van der Waals surface area contributed by atoms with E-state index in [1.54, 1.807) is 12.3 Å². The zero-order chi connectivity index (χ0) is 9.97. The number of fused-ring (bicyclic) bond motifs is 1. The molecule has 0 bridgehead atoms. The average molecular weight is 192 g/mol. The highest BCUT2D eigenvalue weighted by Crippen LogP contribution is 2.13. The van der Waals surface area contributed by atoms with Gasteiger partial charge in [0.2, 0.25) is 0 Å². The summed E-state index contributed by atoms with van der Waals surface area (Å²) in [6, 6.07) is 3.62. The van der Waals surface area contributed by atoms with Gasteiger partial charge in [0, 0.05) is 11.6 Å². The molecular weight excluding hydrogens is 184 g/mol. The minimum atomic E-state index is -0.815. The summed E-state index contributed by atoms with van der Waals surface area (Å²) in [5, 5.41) is 7.49. The number of rotatable bonds is 2. The SMILES string of the molecule is NC(=O)OCc1n[nH]c2ncccc12. The first-order valence-corrected chi connectivity index (χ1v) is 3.97. The first-order valence-electron chi connectivity index (χ1n) is 3.97. The minimum Gasteiger partial charge on any atom is -0.443 e. The van der Waals surface area contributed by atoms with E-state index in [0.29, 0.717) is 11.3 Å². The van der Waals surface area contributed by atoms with Gasteiger partial charge in [0.1, 0.15) is 12.3 Å². The van der Waals surface area contributed by atoms with Crippen LogP contribution >= 0.6 is 0 Å². The number of carbonyl (C=O) groups is 1. The van der Waals surface area contributed by atoms with E-state index in [2.05, 4.69) is 19.9 Å². The predicted octanol–water partition coefficient (Wildman–Crippen LogP) is 0.553. The third kappa shape index (κ3) is 1.49. The molecule has 0 aliphatic carbocycles. The smallest absolute Gasteiger partial charge is 0.404 e. The summed E-state index contributed by atoms with van der Waals surface area (Å²) in [4.78, 5) is 14.4. The van der Waals surface area contributed by atoms with Gasteiger partial charge >= 0.3 is 6.09 Å². The standard InChI is InChI=1S/C8H8N4O2/c9-8(13)14-4-6-5-2-1-3-10-7(5)12-11-6/h1-3H,4H2,(H2,9,13)(H,10,11,12). The van der Waals surface area contributed by atoms with Crippen molar-refractivity contribution >= 4 is 17.1 Å². The maximum atomic E-state index is 10.4. The highest BCUT2D eigenvalue weighted by molar-refractivity contribution is 5.77. The van der Waals surface area contributed by atoms with E-state index in [0.717, 1.165) is 5.39 Å². The Morgan fingerprint density at radius 2 is 2.50 bits per heavy atom. The van der Waals surface area contributed by atoms with Gasteiger partial charge in [-0.25, -0.2) is 9.78 Å². The van der Waals surface area contributed by atoms with Crippen molar-refractivity contribution in [3.63, 3.8) is 0 Å². The van der Waals surface area contributed by atoms with Gasteiger partial charge in [-0.3, -0.25) is 5.10 Å². The van der Waals surface area contributed by atoms with Crippen molar-refractivity contribution in [2.75, 3.05) is 0 Å². The van der Waals surface area contributed by atoms with E-state index in [-0.39, 0.29) is 6.61 Å². The molecule has 2 heterocycles. The quantitative estimate of drug-likeness (QED) is 0.726. The van der Waals surface area contributed by atoms with Gasteiger partial charge < -0.3 is 10.5 Å². The molecule has 0 atom stereocenters. The summed E-state index contributed by atoms with van der Waals surface area (Å²) < 4.78 is 4.62. The zero-order valence-electron chi connectivity index (χ0n) is 7.23. The Morgan fingerprint density at radius 3 is 3.29 bits per heavy atom. The lowest BCUT2D eigenvalue weighted by Gasteiger charge is -1.97. The third-order valence-electron chi connectivity index (χ3n) is 1.77. The third-order valence-corrected chi connectivity index (χ3v) is 1.77. The van der Waals surface area contributed by atoms with Crippen LogP contribution in [-0.4, -0.2) is 21.3 Å². The van der Waals surface area contributed by atoms with Crippen LogP contribution in [0, 0.1) is 0 Å². The van der Waals surface area contributed by atoms with Crippen LogP contribution in [0.5, 0.6) is 0 Å². The van der Waals surface area contributed by atoms with Crippen molar-refractivity contribution in [2.45, 2.75) is 6.61 Å². The Kier molecular flexibility index (Phi) is 2.02. The van der Waals surface area contributed by atoms with E-state index in [9.17, 15) is 4.79 Å². The second-order valence-electron chi connectivity index (χ2n) is 2.68. The Morgan fingerprint density at radius 1 is 1.64 bits per heavy atom. The van der Waals surface area contributed by atoms with Crippen molar-refractivity contribution < 1.29 is 9.53 Å². The maximum Gasteiger partial charge on any atom is 0.404 e. The molecule has 3 N–H and O–H groups in total. The van der Waals surface area contributed by atoms with Crippen molar-refractivity contribution in [1.82, 2.24) is 15.2 Å². The Bertz CT molecular complexity index is 465. The lowest BCUT2D eigenvalue weighted by Crippen LogP contribution is -2.12. The second kappa shape index (κ2) is 3.33. The number of amides is 1. The van der Waals surface area contributed by atoms with Crippen LogP contribution in [0.15, 0.2) is 18.3 Å². The van der Waals surface area contributed by atoms with Gasteiger partial charge in [-0.05, 0) is 12.1 Å². The molecule has 14 heavy (non-hydrogen) atoms. The van der Waals surface area contributed by atoms with Gasteiger partial charge in [-0.15, -0.1) is 0 Å². The fourth-order valence-corrected chi connectivity index (χ4v) is 1.16. The zero-order valence-corrected chi connectivity index (χ0v) is 7.23. The molecule has 0 aliphatic heterocycles. The molecule has 0 unspecified atom stereocenters. The number of ether oxygens (including phenoxy) is 1. The topological polar surface area (TPSA) is 93.9 Å². The van der Waals surface area contributed by atoms with Gasteiger partial charge in [-0.2, -0.15) is 5.10 Å². The first-order chi connectivity index (χ1) is 6.77. The number of nitrogens with zero attached hydrogens (tertiary/aromatic N) is 2. The molecule has 0 radical (unpaired) electrons. The van der Waals surface area contributed by atoms with Gasteiger partial charge in [0.05, 0.1) is 0 Å². The van der Waals surface area contributed by atoms with Crippen LogP contribution in [0.4, 0.5) is 4.79 Å². The number of aromatic nitrogens is 3. The van der Waals surface area contributed by atoms with E-state index in [1.165, 1.54) is 0 Å². The van der Waals surface area contributed by atoms with Gasteiger partial charge in [-0.1, -0.05) is 0 Å². The molecule has 0 aromatic carbocycles. The number of hydrogen-bond acceptors (Lipinski definition) is 4. The normalized spacial score (nSPS) is 10.3. The number of carbonyl (C=O) groups excluding carboxylic acids is 1. The number of pyridine rings is 1. The highest BCUT2D eigenvalue weighted by atomic mass is 16.5. The average Bonchev–Trinajstić information content (AvgIpc) is 2.58. The van der Waals surface area contributed by atoms with Crippen LogP contribution < -0.4 is 5.73 Å². The second-order valence-corrected chi connectivity index (χ2v) is 2.68. The first kappa shape index (κ1) is 8.49. The molecule has 0 saturated carbocycles. The molecule has 0 saturated heterocycles. The summed E-state index contributed by atoms with van der Waals surface area (Å²) in [5.41, 5.74) is 6.12. The largest absolute Gasteiger partial charge is 0.443 e. The van der Waals surface area contributed by atoms with E-state index >= 15 is 0 Å². The molecule has 6 nitrogen and oxygen atoms in total. The number of hydrogen-bond donors (Lipinski definition) is 2. The van der Waals surface area contributed by atoms with Crippen LogP contribution in [0.2, 0.25) is 0 Å². The van der Waals surface area contributed by atoms with Gasteiger partial charge in [0.15, 0.2) is 5.65 Å². The molecule has 2 aromatic heterocycles. The molecule has 1 amide bonds. The fraction of sp³-hybridized carbons (Fsp3) is 0.125. The highest BCUT2D eigenvalue weighted by Gasteiger charge is 2.06. The number of nitrogens with one attached hydrogen (secondary N) is 1. The predicted molar refractivity (Wildman–Crippen MR) is 48.3 cm³/mol. The minimum absolute atomic E-state index is 0.0566. The summed E-state index contributed by atoms with van der Waals surface area (Å²) in [6.45, 7) is 0.0566. The molecule has 6 heteroatoms. The van der Waals surface area contributed by atoms with Crippen LogP contribution in [0.3, 0.4) is 0 Å². The Balaban J connectivity index is 2.29. The van der Waals surface area contributed by atoms with Crippen molar-refractivity contribution in [2.24, 2.45) is 5.73 Å². The van der Waals surface area contributed by atoms with Crippen LogP contribution in [-0.2, 0) is 11.3 Å². The Labute approximate surface area is 79.1 Å². The molecule has 72 valence electrons. The lowest BCUT2D eigenvalue weighted by atomic mass is 10.3. The summed E-state index contributed by atoms with van der Waals surface area (Å²) in [7, 11) is 0. The van der Waals surface area contributed by atoms with E-state index < -0.39 is 6.09 Å². The van der Waals surface area contributed by atoms with Crippen LogP contribution in [0.25, 0.3) is 11.0 Å². The van der Waals surface area contributed by atoms with Crippen molar-refractivity contribution in [1.29, 1.82) is 0 Å². The summed E-state index contributed by atoms with van der Waals surface area (Å²) in [6.07, 6.45) is 0.837. The fourth-order valence-electron chi connectivity index (χ4n) is 1.16. The number of H-pyrrole nitrogens is 1. The summed E-state index contributed by atoms with van der Waals surface area (Å²) >= 11 is 0. The number of nitrogens with two attached hydrogens (primary N) is 1. The van der Waals surface area contributed by atoms with Crippen LogP contribution in [0.1, 0.15) is 5.69 Å². The molecule has 0 aliphatic rings. The van der Waals surface area contributed by atoms with Crippen molar-refractivity contribution in [3.05, 3.63) is 24.0 Å². The van der Waals surface area contributed by atoms with Gasteiger partial charge in [0.25, 0.3) is 0 Å². The van der Waals surface area contributed by atoms with Crippen molar-refractivity contribution in [3.8, 4) is 0 Å². The number of primary amides is 1. The monoisotopic (exact) mass is 192 g/mol. The molecular formula is C8H8N4O2. The van der Waals surface area contributed by atoms with E-state index in [1.807, 2.05) is 6.07 Å². The van der Waals surface area contributed by atoms with E-state index in [4.69, 9.17) is 5.73 Å². The molecule has 2 aromatic rings. The Hall–Kier alpha value is -2.11. The molecule has 2 rings (SSSR count). The maximum absolute atomic E-state index is 10.4. The molecule has 0 spiro atoms.